The molecule has 3 aromatic rings. The van der Waals surface area contributed by atoms with Crippen molar-refractivity contribution in [1.82, 2.24) is 4.90 Å². The third-order valence-electron chi connectivity index (χ3n) is 5.41. The molecule has 1 aliphatic rings. The van der Waals surface area contributed by atoms with Crippen molar-refractivity contribution in [2.24, 2.45) is 0 Å². The molecule has 2 aromatic carbocycles. The second kappa shape index (κ2) is 7.75. The minimum atomic E-state index is -0.0767. The molecule has 0 radical (unpaired) electrons. The van der Waals surface area contributed by atoms with Crippen LogP contribution in [0.5, 0.6) is 0 Å². The number of nitriles is 1. The molecule has 0 spiro atoms. The van der Waals surface area contributed by atoms with Crippen molar-refractivity contribution in [3.63, 3.8) is 0 Å². The maximum absolute atomic E-state index is 12.8. The van der Waals surface area contributed by atoms with Crippen molar-refractivity contribution in [3.8, 4) is 6.07 Å². The molecule has 4 nitrogen and oxygen atoms in total. The molecular formula is C23H23N3OS. The highest BCUT2D eigenvalue weighted by molar-refractivity contribution is 7.16. The molecule has 0 unspecified atom stereocenters. The number of rotatable bonds is 4. The van der Waals surface area contributed by atoms with Gasteiger partial charge in [0.1, 0.15) is 11.1 Å². The molecule has 0 saturated carbocycles. The van der Waals surface area contributed by atoms with Crippen molar-refractivity contribution >= 4 is 33.0 Å². The van der Waals surface area contributed by atoms with E-state index in [4.69, 9.17) is 0 Å². The predicted molar refractivity (Wildman–Crippen MR) is 115 cm³/mol. The summed E-state index contributed by atoms with van der Waals surface area (Å²) in [7, 11) is 0. The van der Waals surface area contributed by atoms with Gasteiger partial charge >= 0.3 is 0 Å². The van der Waals surface area contributed by atoms with E-state index in [0.29, 0.717) is 23.0 Å². The first-order valence-electron chi connectivity index (χ1n) is 9.62. The lowest BCUT2D eigenvalue weighted by Gasteiger charge is -2.30. The molecule has 0 aliphatic carbocycles. The first kappa shape index (κ1) is 18.7. The number of amides is 1. The molecule has 0 fully saturated rings. The summed E-state index contributed by atoms with van der Waals surface area (Å²) in [4.78, 5) is 16.4. The van der Waals surface area contributed by atoms with Crippen molar-refractivity contribution in [1.29, 1.82) is 5.26 Å². The van der Waals surface area contributed by atoms with Crippen LogP contribution in [0.2, 0.25) is 0 Å². The van der Waals surface area contributed by atoms with Gasteiger partial charge in [-0.15, -0.1) is 11.3 Å². The Balaban J connectivity index is 1.56. The second-order valence-electron chi connectivity index (χ2n) is 7.50. The molecule has 1 N–H and O–H groups in total. The van der Waals surface area contributed by atoms with Crippen LogP contribution in [0.25, 0.3) is 10.8 Å². The third-order valence-corrected chi connectivity index (χ3v) is 6.54. The van der Waals surface area contributed by atoms with Gasteiger partial charge in [0.05, 0.1) is 12.0 Å². The molecule has 28 heavy (non-hydrogen) atoms. The summed E-state index contributed by atoms with van der Waals surface area (Å²) in [6.45, 7) is 6.19. The number of nitrogens with zero attached hydrogens (tertiary/aromatic N) is 2. The Morgan fingerprint density at radius 3 is 2.82 bits per heavy atom. The van der Waals surface area contributed by atoms with Crippen LogP contribution < -0.4 is 5.32 Å². The molecule has 0 atom stereocenters. The van der Waals surface area contributed by atoms with Crippen LogP contribution in [-0.4, -0.2) is 23.4 Å². The number of hydrogen-bond donors (Lipinski definition) is 1. The average Bonchev–Trinajstić information content (AvgIpc) is 3.04. The molecule has 1 amide bonds. The summed E-state index contributed by atoms with van der Waals surface area (Å²) < 4.78 is 0. The highest BCUT2D eigenvalue weighted by atomic mass is 32.1. The van der Waals surface area contributed by atoms with Gasteiger partial charge in [0.15, 0.2) is 0 Å². The van der Waals surface area contributed by atoms with Crippen LogP contribution in [0.15, 0.2) is 42.5 Å². The van der Waals surface area contributed by atoms with E-state index < -0.39 is 0 Å². The number of thiophene rings is 1. The number of anilines is 1. The van der Waals surface area contributed by atoms with E-state index in [0.717, 1.165) is 41.4 Å². The number of hydrogen-bond acceptors (Lipinski definition) is 4. The van der Waals surface area contributed by atoms with Crippen molar-refractivity contribution in [3.05, 3.63) is 64.0 Å². The minimum absolute atomic E-state index is 0.0767. The molecule has 5 heteroatoms. The first-order valence-corrected chi connectivity index (χ1v) is 10.4. The summed E-state index contributed by atoms with van der Waals surface area (Å²) >= 11 is 1.55. The Morgan fingerprint density at radius 2 is 2.04 bits per heavy atom. The van der Waals surface area contributed by atoms with Gasteiger partial charge in [-0.1, -0.05) is 42.5 Å². The zero-order valence-corrected chi connectivity index (χ0v) is 17.0. The van der Waals surface area contributed by atoms with E-state index in [9.17, 15) is 10.1 Å². The van der Waals surface area contributed by atoms with Gasteiger partial charge in [-0.3, -0.25) is 9.69 Å². The zero-order valence-electron chi connectivity index (χ0n) is 16.2. The maximum atomic E-state index is 12.8. The summed E-state index contributed by atoms with van der Waals surface area (Å²) in [5.41, 5.74) is 2.76. The average molecular weight is 390 g/mol. The number of carbonyl (C=O) groups excluding carboxylic acids is 1. The molecule has 0 bridgehead atoms. The standard InChI is InChI=1S/C23H23N3OS/c1-15(2)26-11-10-19-20(13-24)23(28-21(19)14-26)25-22(27)12-17-8-5-7-16-6-3-4-9-18(16)17/h3-9,15H,10-12,14H2,1-2H3,(H,25,27). The predicted octanol–water partition coefficient (Wildman–Crippen LogP) is 4.72. The first-order chi connectivity index (χ1) is 13.6. The number of nitrogens with one attached hydrogen (secondary N) is 1. The van der Waals surface area contributed by atoms with Crippen LogP contribution in [0.1, 0.15) is 35.4 Å². The van der Waals surface area contributed by atoms with Crippen LogP contribution in [0, 0.1) is 11.3 Å². The monoisotopic (exact) mass is 389 g/mol. The van der Waals surface area contributed by atoms with Crippen molar-refractivity contribution in [2.45, 2.75) is 39.3 Å². The van der Waals surface area contributed by atoms with E-state index in [2.05, 4.69) is 42.3 Å². The Bertz CT molecular complexity index is 1070. The normalized spacial score (nSPS) is 14.1. The topological polar surface area (TPSA) is 56.1 Å². The summed E-state index contributed by atoms with van der Waals surface area (Å²) in [6.07, 6.45) is 1.17. The van der Waals surface area contributed by atoms with Gasteiger partial charge in [-0.25, -0.2) is 0 Å². The van der Waals surface area contributed by atoms with E-state index in [1.54, 1.807) is 11.3 Å². The summed E-state index contributed by atoms with van der Waals surface area (Å²) in [6, 6.07) is 16.9. The number of benzene rings is 2. The fourth-order valence-electron chi connectivity index (χ4n) is 3.86. The van der Waals surface area contributed by atoms with Crippen LogP contribution in [-0.2, 0) is 24.2 Å². The molecule has 1 aromatic heterocycles. The number of fused-ring (bicyclic) bond motifs is 2. The number of carbonyl (C=O) groups is 1. The van der Waals surface area contributed by atoms with Crippen LogP contribution in [0.3, 0.4) is 0 Å². The maximum Gasteiger partial charge on any atom is 0.229 e. The Kier molecular flexibility index (Phi) is 5.17. The molecule has 142 valence electrons. The summed E-state index contributed by atoms with van der Waals surface area (Å²) in [5.74, 6) is -0.0767. The highest BCUT2D eigenvalue weighted by Gasteiger charge is 2.26. The molecule has 1 aliphatic heterocycles. The summed E-state index contributed by atoms with van der Waals surface area (Å²) in [5, 5.41) is 15.6. The van der Waals surface area contributed by atoms with E-state index in [1.807, 2.05) is 30.3 Å². The lowest BCUT2D eigenvalue weighted by molar-refractivity contribution is -0.115. The molecular weight excluding hydrogens is 366 g/mol. The Hall–Kier alpha value is -2.68. The minimum Gasteiger partial charge on any atom is -0.316 e. The van der Waals surface area contributed by atoms with Gasteiger partial charge in [-0.2, -0.15) is 5.26 Å². The molecule has 0 saturated heterocycles. The van der Waals surface area contributed by atoms with E-state index in [-0.39, 0.29) is 5.91 Å². The molecule has 2 heterocycles. The Morgan fingerprint density at radius 1 is 1.25 bits per heavy atom. The lowest BCUT2D eigenvalue weighted by Crippen LogP contribution is -2.35. The third kappa shape index (κ3) is 3.54. The second-order valence-corrected chi connectivity index (χ2v) is 8.60. The SMILES string of the molecule is CC(C)N1CCc2c(sc(NC(=O)Cc3cccc4ccccc34)c2C#N)C1. The van der Waals surface area contributed by atoms with Gasteiger partial charge < -0.3 is 5.32 Å². The van der Waals surface area contributed by atoms with Gasteiger partial charge in [0.25, 0.3) is 0 Å². The van der Waals surface area contributed by atoms with Crippen LogP contribution >= 0.6 is 11.3 Å². The smallest absolute Gasteiger partial charge is 0.229 e. The molecule has 4 rings (SSSR count). The lowest BCUT2D eigenvalue weighted by atomic mass is 10.0. The zero-order chi connectivity index (χ0) is 19.7. The van der Waals surface area contributed by atoms with Gasteiger partial charge in [-0.05, 0) is 42.2 Å². The quantitative estimate of drug-likeness (QED) is 0.702. The Labute approximate surface area is 169 Å². The van der Waals surface area contributed by atoms with Gasteiger partial charge in [0.2, 0.25) is 5.91 Å². The van der Waals surface area contributed by atoms with Crippen LogP contribution in [0.4, 0.5) is 5.00 Å². The largest absolute Gasteiger partial charge is 0.316 e. The fourth-order valence-corrected chi connectivity index (χ4v) is 5.10. The van der Waals surface area contributed by atoms with Gasteiger partial charge in [0, 0.05) is 24.0 Å². The highest BCUT2D eigenvalue weighted by Crippen LogP contribution is 2.37. The van der Waals surface area contributed by atoms with E-state index >= 15 is 0 Å². The fraction of sp³-hybridized carbons (Fsp3) is 0.304. The van der Waals surface area contributed by atoms with Crippen molar-refractivity contribution in [2.75, 3.05) is 11.9 Å². The van der Waals surface area contributed by atoms with E-state index in [1.165, 1.54) is 4.88 Å². The van der Waals surface area contributed by atoms with Crippen molar-refractivity contribution < 1.29 is 4.79 Å².